The van der Waals surface area contributed by atoms with Crippen LogP contribution >= 0.6 is 23.1 Å². The summed E-state index contributed by atoms with van der Waals surface area (Å²) in [5, 5.41) is 13.2. The number of carbonyl (C=O) groups is 2. The van der Waals surface area contributed by atoms with E-state index < -0.39 is 0 Å². The number of thioether (sulfide) groups is 1. The summed E-state index contributed by atoms with van der Waals surface area (Å²) in [6, 6.07) is 22.5. The topological polar surface area (TPSA) is 74.1 Å². The van der Waals surface area contributed by atoms with Crippen molar-refractivity contribution in [1.82, 2.24) is 5.43 Å². The van der Waals surface area contributed by atoms with Gasteiger partial charge in [0.2, 0.25) is 5.78 Å². The molecule has 0 fully saturated rings. The van der Waals surface area contributed by atoms with Gasteiger partial charge in [0.1, 0.15) is 16.3 Å². The fraction of sp³-hybridized carbons (Fsp3) is 0. The third-order valence-corrected chi connectivity index (χ3v) is 6.41. The molecule has 0 radical (unpaired) electrons. The van der Waals surface area contributed by atoms with Crippen molar-refractivity contribution in [2.75, 3.05) is 5.01 Å². The largest absolute Gasteiger partial charge is 0.285 e. The minimum atomic E-state index is -0.322. The summed E-state index contributed by atoms with van der Waals surface area (Å²) in [5.41, 5.74) is 5.05. The molecule has 1 amide bonds. The van der Waals surface area contributed by atoms with Crippen LogP contribution in [-0.2, 0) is 4.79 Å². The number of thiophene rings is 1. The molecule has 0 saturated carbocycles. The van der Waals surface area contributed by atoms with Crippen molar-refractivity contribution in [1.29, 1.82) is 0 Å². The lowest BCUT2D eigenvalue weighted by atomic mass is 10.0. The molecule has 6 nitrogen and oxygen atoms in total. The van der Waals surface area contributed by atoms with Crippen LogP contribution in [0, 0.1) is 0 Å². The molecule has 5 rings (SSSR count). The Kier molecular flexibility index (Phi) is 4.78. The highest BCUT2D eigenvalue weighted by molar-refractivity contribution is 8.19. The quantitative estimate of drug-likeness (QED) is 0.496. The SMILES string of the molecule is O=C1NN=C(c2ccccc2)/C1=C1\SC(C(=O)c2cccs2)=NN1c1ccccc1. The van der Waals surface area contributed by atoms with Crippen molar-refractivity contribution in [3.63, 3.8) is 0 Å². The first-order valence-corrected chi connectivity index (χ1v) is 10.8. The minimum Gasteiger partial charge on any atom is -0.285 e. The molecule has 2 aliphatic rings. The monoisotopic (exact) mass is 430 g/mol. The molecule has 1 aromatic heterocycles. The van der Waals surface area contributed by atoms with E-state index in [0.29, 0.717) is 26.2 Å². The number of rotatable bonds is 4. The number of anilines is 1. The van der Waals surface area contributed by atoms with Crippen LogP contribution in [-0.4, -0.2) is 22.4 Å². The lowest BCUT2D eigenvalue weighted by Gasteiger charge is -2.17. The maximum atomic E-state index is 13.0. The molecule has 8 heteroatoms. The van der Waals surface area contributed by atoms with Gasteiger partial charge in [-0.3, -0.25) is 9.59 Å². The van der Waals surface area contributed by atoms with Gasteiger partial charge in [-0.05, 0) is 35.3 Å². The number of carbonyl (C=O) groups excluding carboxylic acids is 2. The highest BCUT2D eigenvalue weighted by Gasteiger charge is 2.37. The first-order valence-electron chi connectivity index (χ1n) is 9.10. The van der Waals surface area contributed by atoms with Crippen molar-refractivity contribution >= 4 is 51.2 Å². The van der Waals surface area contributed by atoms with Gasteiger partial charge in [-0.25, -0.2) is 10.4 Å². The Bertz CT molecular complexity index is 1220. The molecule has 0 aliphatic carbocycles. The van der Waals surface area contributed by atoms with E-state index in [1.165, 1.54) is 23.1 Å². The highest BCUT2D eigenvalue weighted by Crippen LogP contribution is 2.39. The molecule has 2 aromatic carbocycles. The molecule has 0 saturated heterocycles. The van der Waals surface area contributed by atoms with Gasteiger partial charge in [0.05, 0.1) is 10.6 Å². The van der Waals surface area contributed by atoms with E-state index in [2.05, 4.69) is 15.6 Å². The van der Waals surface area contributed by atoms with Gasteiger partial charge in [-0.2, -0.15) is 10.2 Å². The van der Waals surface area contributed by atoms with Gasteiger partial charge in [-0.15, -0.1) is 11.3 Å². The lowest BCUT2D eigenvalue weighted by molar-refractivity contribution is -0.116. The zero-order chi connectivity index (χ0) is 20.5. The Morgan fingerprint density at radius 3 is 2.37 bits per heavy atom. The Morgan fingerprint density at radius 2 is 1.67 bits per heavy atom. The Labute approximate surface area is 180 Å². The molecule has 146 valence electrons. The van der Waals surface area contributed by atoms with Crippen LogP contribution < -0.4 is 10.4 Å². The van der Waals surface area contributed by atoms with Crippen molar-refractivity contribution in [3.05, 3.63) is 99.2 Å². The predicted molar refractivity (Wildman–Crippen MR) is 121 cm³/mol. The number of hydrogen-bond donors (Lipinski definition) is 1. The summed E-state index contributed by atoms with van der Waals surface area (Å²) in [7, 11) is 0. The third-order valence-electron chi connectivity index (χ3n) is 4.51. The van der Waals surface area contributed by atoms with E-state index in [0.717, 1.165) is 11.3 Å². The molecular formula is C22H14N4O2S2. The van der Waals surface area contributed by atoms with Gasteiger partial charge in [0.25, 0.3) is 5.91 Å². The van der Waals surface area contributed by atoms with E-state index in [9.17, 15) is 9.59 Å². The molecular weight excluding hydrogens is 416 g/mol. The normalized spacial score (nSPS) is 18.3. The van der Waals surface area contributed by atoms with E-state index in [1.54, 1.807) is 11.1 Å². The molecule has 0 spiro atoms. The van der Waals surface area contributed by atoms with Crippen LogP contribution in [0.2, 0.25) is 0 Å². The molecule has 0 unspecified atom stereocenters. The number of Topliss-reactive ketones (excluding diaryl/α,β-unsaturated/α-hetero) is 1. The summed E-state index contributed by atoms with van der Waals surface area (Å²) < 4.78 is 0. The average Bonchev–Trinajstić information content (AvgIpc) is 3.54. The molecule has 0 atom stereocenters. The number of hydrogen-bond acceptors (Lipinski definition) is 7. The molecule has 3 heterocycles. The summed E-state index contributed by atoms with van der Waals surface area (Å²) in [5.74, 6) is -0.486. The first-order chi connectivity index (χ1) is 14.7. The van der Waals surface area contributed by atoms with E-state index >= 15 is 0 Å². The van der Waals surface area contributed by atoms with Crippen LogP contribution in [0.4, 0.5) is 5.69 Å². The van der Waals surface area contributed by atoms with Crippen LogP contribution in [0.1, 0.15) is 15.2 Å². The number of nitrogens with zero attached hydrogens (tertiary/aromatic N) is 3. The predicted octanol–water partition coefficient (Wildman–Crippen LogP) is 4.24. The Hall–Kier alpha value is -3.49. The van der Waals surface area contributed by atoms with Gasteiger partial charge < -0.3 is 0 Å². The second kappa shape index (κ2) is 7.74. The number of benzene rings is 2. The summed E-state index contributed by atoms with van der Waals surface area (Å²) in [6.07, 6.45) is 0. The standard InChI is InChI=1S/C22H14N4O2S2/c27-19(16-12-7-13-29-16)21-25-26(15-10-5-2-6-11-15)22(30-21)17-18(23-24-20(17)28)14-8-3-1-4-9-14/h1-13H,(H,24,28)/b22-17+. The maximum absolute atomic E-state index is 13.0. The van der Waals surface area contributed by atoms with Gasteiger partial charge >= 0.3 is 0 Å². The molecule has 2 aliphatic heterocycles. The van der Waals surface area contributed by atoms with Gasteiger partial charge in [-0.1, -0.05) is 54.6 Å². The summed E-state index contributed by atoms with van der Waals surface area (Å²) in [6.45, 7) is 0. The third kappa shape index (κ3) is 3.26. The summed E-state index contributed by atoms with van der Waals surface area (Å²) >= 11 is 2.56. The fourth-order valence-electron chi connectivity index (χ4n) is 3.13. The number of ketones is 1. The van der Waals surface area contributed by atoms with Crippen molar-refractivity contribution < 1.29 is 9.59 Å². The van der Waals surface area contributed by atoms with Crippen molar-refractivity contribution in [2.45, 2.75) is 0 Å². The maximum Gasteiger partial charge on any atom is 0.276 e. The van der Waals surface area contributed by atoms with Crippen LogP contribution in [0.3, 0.4) is 0 Å². The van der Waals surface area contributed by atoms with Crippen LogP contribution in [0.5, 0.6) is 0 Å². The van der Waals surface area contributed by atoms with E-state index in [-0.39, 0.29) is 11.7 Å². The fourth-order valence-corrected chi connectivity index (χ4v) is 4.89. The number of amides is 1. The molecule has 3 aromatic rings. The Balaban J connectivity index is 1.63. The number of nitrogens with one attached hydrogen (secondary N) is 1. The lowest BCUT2D eigenvalue weighted by Crippen LogP contribution is -2.20. The number of hydrazone groups is 2. The van der Waals surface area contributed by atoms with Gasteiger partial charge in [0.15, 0.2) is 5.04 Å². The minimum absolute atomic E-state index is 0.164. The van der Waals surface area contributed by atoms with Crippen molar-refractivity contribution in [3.8, 4) is 0 Å². The second-order valence-corrected chi connectivity index (χ2v) is 8.33. The zero-order valence-electron chi connectivity index (χ0n) is 15.5. The molecule has 30 heavy (non-hydrogen) atoms. The Morgan fingerprint density at radius 1 is 0.933 bits per heavy atom. The van der Waals surface area contributed by atoms with Gasteiger partial charge in [0, 0.05) is 5.56 Å². The smallest absolute Gasteiger partial charge is 0.276 e. The number of para-hydroxylation sites is 1. The van der Waals surface area contributed by atoms with Crippen LogP contribution in [0.25, 0.3) is 0 Å². The summed E-state index contributed by atoms with van der Waals surface area (Å²) in [4.78, 5) is 26.3. The first kappa shape index (κ1) is 18.5. The van der Waals surface area contributed by atoms with E-state index in [1.807, 2.05) is 72.1 Å². The average molecular weight is 431 g/mol. The van der Waals surface area contributed by atoms with Crippen LogP contribution in [0.15, 0.2) is 99.0 Å². The van der Waals surface area contributed by atoms with Crippen molar-refractivity contribution in [2.24, 2.45) is 10.2 Å². The van der Waals surface area contributed by atoms with E-state index in [4.69, 9.17) is 0 Å². The highest BCUT2D eigenvalue weighted by atomic mass is 32.2. The second-order valence-electron chi connectivity index (χ2n) is 6.41. The molecule has 0 bridgehead atoms. The zero-order valence-corrected chi connectivity index (χ0v) is 17.1. The molecule has 1 N–H and O–H groups in total.